The third-order valence-electron chi connectivity index (χ3n) is 25.0. The number of carboxylic acids is 1. The van der Waals surface area contributed by atoms with Crippen molar-refractivity contribution in [1.82, 2.24) is 5.48 Å². The molecule has 1 amide bonds. The van der Waals surface area contributed by atoms with Crippen LogP contribution in [-0.2, 0) is 65.3 Å². The van der Waals surface area contributed by atoms with E-state index in [9.17, 15) is 56.2 Å². The van der Waals surface area contributed by atoms with Gasteiger partial charge in [-0.2, -0.15) is 0 Å². The summed E-state index contributed by atoms with van der Waals surface area (Å²) in [6, 6.07) is 57.1. The van der Waals surface area contributed by atoms with Crippen LogP contribution in [0.3, 0.4) is 0 Å². The lowest BCUT2D eigenvalue weighted by Gasteiger charge is -2.29. The number of aliphatic carboxylic acids is 1. The SMILES string of the molecule is COC(=O)C1(c2cccc(F)c2C)C=C(C)CC1.COC(=O)C1(c2cccc(F)c2C)C=C(c2ccccc2C)CC1.COC(=O)C1(c2cccc(F)c2C)CCC(c2ccccc2C)C1.Cc1ccccc1C1CCC(C(=O)O)(c2cccc(F)c2C)C1.Cc1ccccc1[C@H]1CC[C@@](C(=O)NO)(c2cccc(F)c2C)C1. The number of carbonyl (C=O) groups excluding carboxylic acids is 4. The van der Waals surface area contributed by atoms with Crippen molar-refractivity contribution >= 4 is 35.4 Å². The first kappa shape index (κ1) is 84.9. The highest BCUT2D eigenvalue weighted by molar-refractivity contribution is 5.92. The van der Waals surface area contributed by atoms with E-state index >= 15 is 0 Å². The Morgan fingerprint density at radius 1 is 0.363 bits per heavy atom. The molecule has 14 rings (SSSR count). The Hall–Kier alpha value is -10.6. The number of carbonyl (C=O) groups is 5. The van der Waals surface area contributed by atoms with Gasteiger partial charge in [0, 0.05) is 0 Å². The number of aryl methyl sites for hydroxylation is 4. The van der Waals surface area contributed by atoms with E-state index in [1.165, 1.54) is 90.6 Å². The zero-order chi connectivity index (χ0) is 81.9. The number of hydrogen-bond acceptors (Lipinski definition) is 9. The standard InChI is InChI=1S/C21H23FO2.C21H21FO2.C20H22FNO2.C20H21FO2.C15H17FO2/c2*1-14-7-4-5-8-17(14)16-11-12-21(13-16,20(23)24-3)18-9-6-10-19(22)15(18)2;1-13-6-3-4-7-16(13)15-10-11-20(12-15,19(23)22-24)17-8-5-9-18(21)14(17)2;1-13-6-3-4-7-16(13)15-10-11-20(12-15,19(22)23)17-8-5-9-18(21)14(17)2;1-10-7-8-15(9-10,14(17)18-3)12-5-4-6-13(16)11(12)2/h4-10,16H,11-13H2,1-3H3;4-10,13H,11-12H2,1-3H3;3-9,15,24H,10-12H2,1-2H3,(H,22,23);3-9,15H,10-12H2,1-2H3,(H,22,23);4-6,9H,7-8H2,1-3H3/t;;15-,20-;;/m..0../s1. The van der Waals surface area contributed by atoms with Crippen molar-refractivity contribution in [1.29, 1.82) is 0 Å². The number of rotatable bonds is 14. The van der Waals surface area contributed by atoms with Crippen molar-refractivity contribution in [3.8, 4) is 0 Å². The molecule has 592 valence electrons. The van der Waals surface area contributed by atoms with Crippen molar-refractivity contribution < 1.29 is 70.4 Å². The molecule has 3 fully saturated rings. The van der Waals surface area contributed by atoms with Crippen LogP contribution in [0, 0.1) is 91.4 Å². The number of allylic oxidation sites excluding steroid dienone is 2. The van der Waals surface area contributed by atoms with Gasteiger partial charge >= 0.3 is 23.9 Å². The molecule has 113 heavy (non-hydrogen) atoms. The predicted molar refractivity (Wildman–Crippen MR) is 432 cm³/mol. The van der Waals surface area contributed by atoms with Crippen LogP contribution in [0.2, 0.25) is 0 Å². The fourth-order valence-electron chi connectivity index (χ4n) is 18.8. The molecule has 0 radical (unpaired) electrons. The third kappa shape index (κ3) is 17.1. The minimum absolute atomic E-state index is 0.204. The summed E-state index contributed by atoms with van der Waals surface area (Å²) < 4.78 is 85.1. The third-order valence-corrected chi connectivity index (χ3v) is 25.0. The van der Waals surface area contributed by atoms with E-state index in [2.05, 4.69) is 76.2 Å². The molecule has 0 aliphatic heterocycles. The van der Waals surface area contributed by atoms with Gasteiger partial charge in [0.25, 0.3) is 5.91 Å². The van der Waals surface area contributed by atoms with Crippen LogP contribution in [0.1, 0.15) is 208 Å². The number of esters is 3. The summed E-state index contributed by atoms with van der Waals surface area (Å²) in [5.41, 5.74) is 15.3. The number of carboxylic acid groups (broad SMARTS) is 1. The summed E-state index contributed by atoms with van der Waals surface area (Å²) in [6.07, 6.45) is 12.8. The molecule has 0 bridgehead atoms. The second kappa shape index (κ2) is 36.1. The van der Waals surface area contributed by atoms with Gasteiger partial charge in [-0.15, -0.1) is 0 Å². The molecule has 8 atom stereocenters. The van der Waals surface area contributed by atoms with Crippen LogP contribution >= 0.6 is 0 Å². The van der Waals surface area contributed by atoms with E-state index in [0.29, 0.717) is 101 Å². The highest BCUT2D eigenvalue weighted by Crippen LogP contribution is 2.54. The van der Waals surface area contributed by atoms with E-state index in [1.54, 1.807) is 77.1 Å². The maximum absolute atomic E-state index is 14.1. The molecule has 0 saturated heterocycles. The number of hydrogen-bond donors (Lipinski definition) is 3. The molecule has 5 aliphatic rings. The minimum atomic E-state index is -0.987. The number of nitrogens with one attached hydrogen (secondary N) is 1. The van der Waals surface area contributed by atoms with Crippen LogP contribution in [0.5, 0.6) is 0 Å². The van der Waals surface area contributed by atoms with Gasteiger partial charge in [0.1, 0.15) is 39.9 Å². The molecule has 5 aliphatic carbocycles. The van der Waals surface area contributed by atoms with Crippen molar-refractivity contribution in [2.75, 3.05) is 21.3 Å². The number of hydroxylamine groups is 1. The van der Waals surface area contributed by atoms with E-state index in [-0.39, 0.29) is 64.7 Å². The molecular weight excluding hydrogens is 1430 g/mol. The van der Waals surface area contributed by atoms with Crippen molar-refractivity contribution in [2.45, 2.75) is 198 Å². The van der Waals surface area contributed by atoms with Gasteiger partial charge in [0.05, 0.1) is 37.6 Å². The monoisotopic (exact) mass is 1540 g/mol. The number of methoxy groups -OCH3 is 3. The maximum Gasteiger partial charge on any atom is 0.320 e. The average Bonchev–Trinajstić information content (AvgIpc) is 1.66. The highest BCUT2D eigenvalue weighted by atomic mass is 19.1. The van der Waals surface area contributed by atoms with Gasteiger partial charge in [-0.05, 0) is 307 Å². The van der Waals surface area contributed by atoms with Crippen molar-refractivity contribution in [3.63, 3.8) is 0 Å². The zero-order valence-corrected chi connectivity index (χ0v) is 67.0. The van der Waals surface area contributed by atoms with Gasteiger partial charge in [-0.25, -0.2) is 27.4 Å². The lowest BCUT2D eigenvalue weighted by atomic mass is 9.75. The summed E-state index contributed by atoms with van der Waals surface area (Å²) in [7, 11) is 4.18. The first-order valence-electron chi connectivity index (χ1n) is 38.8. The predicted octanol–water partition coefficient (Wildman–Crippen LogP) is 21.7. The van der Waals surface area contributed by atoms with Gasteiger partial charge in [-0.1, -0.05) is 175 Å². The number of halogens is 5. The van der Waals surface area contributed by atoms with Crippen LogP contribution in [0.4, 0.5) is 22.0 Å². The van der Waals surface area contributed by atoms with E-state index in [0.717, 1.165) is 54.4 Å². The summed E-state index contributed by atoms with van der Waals surface area (Å²) in [5.74, 6) is -3.00. The normalized spacial score (nSPS) is 22.6. The molecule has 6 unspecified atom stereocenters. The Morgan fingerprint density at radius 2 is 0.681 bits per heavy atom. The molecule has 3 saturated carbocycles. The smallest absolute Gasteiger partial charge is 0.320 e. The first-order valence-corrected chi connectivity index (χ1v) is 38.8. The molecule has 3 N–H and O–H groups in total. The topological polar surface area (TPSA) is 166 Å². The average molecular weight is 1540 g/mol. The molecular formula is C97H104F5NO10. The Bertz CT molecular complexity index is 4950. The summed E-state index contributed by atoms with van der Waals surface area (Å²) in [6.45, 7) is 18.8. The quantitative estimate of drug-likeness (QED) is 0.0238. The molecule has 0 spiro atoms. The molecule has 9 aromatic carbocycles. The molecule has 16 heteroatoms. The summed E-state index contributed by atoms with van der Waals surface area (Å²) >= 11 is 0. The number of ether oxygens (including phenoxy) is 3. The van der Waals surface area contributed by atoms with Crippen LogP contribution in [0.25, 0.3) is 5.57 Å². The zero-order valence-electron chi connectivity index (χ0n) is 67.0. The summed E-state index contributed by atoms with van der Waals surface area (Å²) in [5, 5.41) is 19.2. The van der Waals surface area contributed by atoms with Gasteiger partial charge in [0.15, 0.2) is 0 Å². The fourth-order valence-corrected chi connectivity index (χ4v) is 18.8. The van der Waals surface area contributed by atoms with E-state index in [4.69, 9.17) is 14.2 Å². The van der Waals surface area contributed by atoms with Crippen LogP contribution in [-0.4, -0.2) is 61.4 Å². The highest BCUT2D eigenvalue weighted by Gasteiger charge is 2.52. The number of amides is 1. The number of benzene rings is 9. The molecule has 0 heterocycles. The van der Waals surface area contributed by atoms with Gasteiger partial charge in [0.2, 0.25) is 0 Å². The van der Waals surface area contributed by atoms with Gasteiger partial charge in [-0.3, -0.25) is 29.2 Å². The molecule has 0 aromatic heterocycles. The summed E-state index contributed by atoms with van der Waals surface area (Å²) in [4.78, 5) is 62.3. The van der Waals surface area contributed by atoms with Crippen molar-refractivity contribution in [2.24, 2.45) is 0 Å². The maximum atomic E-state index is 14.1. The van der Waals surface area contributed by atoms with Crippen LogP contribution in [0.15, 0.2) is 206 Å². The Balaban J connectivity index is 0.000000150. The van der Waals surface area contributed by atoms with Crippen molar-refractivity contribution in [3.05, 3.63) is 335 Å². The minimum Gasteiger partial charge on any atom is -0.481 e. The Morgan fingerprint density at radius 3 is 1.05 bits per heavy atom. The fraction of sp³-hybridized carbons (Fsp3) is 0.351. The second-order valence-corrected chi connectivity index (χ2v) is 31.3. The first-order chi connectivity index (χ1) is 53.9. The largest absolute Gasteiger partial charge is 0.481 e. The Labute approximate surface area is 661 Å². The second-order valence-electron chi connectivity index (χ2n) is 31.3. The molecule has 9 aromatic rings. The van der Waals surface area contributed by atoms with E-state index < -0.39 is 39.0 Å². The lowest BCUT2D eigenvalue weighted by Crippen LogP contribution is -2.42. The van der Waals surface area contributed by atoms with E-state index in [1.807, 2.05) is 91.3 Å². The van der Waals surface area contributed by atoms with Crippen LogP contribution < -0.4 is 5.48 Å². The Kier molecular flexibility index (Phi) is 27.1. The lowest BCUT2D eigenvalue weighted by molar-refractivity contribution is -0.148. The van der Waals surface area contributed by atoms with Gasteiger partial charge < -0.3 is 19.3 Å². The molecule has 11 nitrogen and oxygen atoms in total.